The highest BCUT2D eigenvalue weighted by atomic mass is 19.1. The summed E-state index contributed by atoms with van der Waals surface area (Å²) in [4.78, 5) is 18.8. The van der Waals surface area contributed by atoms with E-state index in [2.05, 4.69) is 15.3 Å². The minimum absolute atomic E-state index is 0.0426. The third kappa shape index (κ3) is 3.10. The molecule has 6 nitrogen and oxygen atoms in total. The maximum absolute atomic E-state index is 14.2. The van der Waals surface area contributed by atoms with Crippen molar-refractivity contribution in [3.8, 4) is 0 Å². The first-order chi connectivity index (χ1) is 10.7. The Balaban J connectivity index is 1.86. The van der Waals surface area contributed by atoms with Gasteiger partial charge in [-0.05, 0) is 13.0 Å². The van der Waals surface area contributed by atoms with Crippen molar-refractivity contribution in [1.29, 1.82) is 0 Å². The molecule has 3 rings (SSSR count). The zero-order valence-corrected chi connectivity index (χ0v) is 12.3. The minimum Gasteiger partial charge on any atom is -0.466 e. The number of halogens is 1. The monoisotopic (exact) mass is 307 g/mol. The maximum Gasteiger partial charge on any atom is 0.313 e. The van der Waals surface area contributed by atoms with Crippen LogP contribution in [0.1, 0.15) is 24.4 Å². The Morgan fingerprint density at radius 1 is 1.55 bits per heavy atom. The van der Waals surface area contributed by atoms with Gasteiger partial charge in [0.25, 0.3) is 0 Å². The smallest absolute Gasteiger partial charge is 0.313 e. The summed E-state index contributed by atoms with van der Waals surface area (Å²) in [7, 11) is 0. The van der Waals surface area contributed by atoms with Crippen molar-refractivity contribution in [2.45, 2.75) is 19.4 Å². The Kier molecular flexibility index (Phi) is 4.35. The van der Waals surface area contributed by atoms with E-state index in [0.717, 1.165) is 6.54 Å². The van der Waals surface area contributed by atoms with E-state index in [-0.39, 0.29) is 24.3 Å². The lowest BCUT2D eigenvalue weighted by molar-refractivity contribution is -0.142. The van der Waals surface area contributed by atoms with Crippen LogP contribution in [0.15, 0.2) is 12.1 Å². The molecule has 1 saturated heterocycles. The van der Waals surface area contributed by atoms with Gasteiger partial charge in [0.05, 0.1) is 30.4 Å². The fraction of sp³-hybridized carbons (Fsp3) is 0.467. The first-order valence-electron chi connectivity index (χ1n) is 7.33. The van der Waals surface area contributed by atoms with Crippen molar-refractivity contribution in [3.05, 3.63) is 29.3 Å². The third-order valence-corrected chi connectivity index (χ3v) is 3.54. The second-order valence-electron chi connectivity index (χ2n) is 5.12. The lowest BCUT2D eigenvalue weighted by Gasteiger charge is -2.24. The van der Waals surface area contributed by atoms with E-state index in [1.165, 1.54) is 6.07 Å². The van der Waals surface area contributed by atoms with Gasteiger partial charge in [0.1, 0.15) is 18.1 Å². The van der Waals surface area contributed by atoms with E-state index in [9.17, 15) is 9.18 Å². The number of morpholine rings is 1. The predicted molar refractivity (Wildman–Crippen MR) is 78.0 cm³/mol. The topological polar surface area (TPSA) is 76.2 Å². The van der Waals surface area contributed by atoms with Gasteiger partial charge in [-0.3, -0.25) is 4.79 Å². The summed E-state index contributed by atoms with van der Waals surface area (Å²) in [6.45, 7) is 3.97. The molecule has 118 valence electrons. The van der Waals surface area contributed by atoms with Crippen molar-refractivity contribution < 1.29 is 18.7 Å². The number of carbonyl (C=O) groups excluding carboxylic acids is 1. The fourth-order valence-electron chi connectivity index (χ4n) is 2.55. The highest BCUT2D eigenvalue weighted by Gasteiger charge is 2.21. The average Bonchev–Trinajstić information content (AvgIpc) is 2.88. The van der Waals surface area contributed by atoms with Gasteiger partial charge in [0.15, 0.2) is 0 Å². The summed E-state index contributed by atoms with van der Waals surface area (Å²) >= 11 is 0. The summed E-state index contributed by atoms with van der Waals surface area (Å²) in [6, 6.07) is 3.07. The van der Waals surface area contributed by atoms with Gasteiger partial charge in [-0.25, -0.2) is 9.37 Å². The average molecular weight is 307 g/mol. The van der Waals surface area contributed by atoms with Crippen molar-refractivity contribution in [2.75, 3.05) is 26.3 Å². The van der Waals surface area contributed by atoms with Crippen molar-refractivity contribution in [2.24, 2.45) is 0 Å². The first kappa shape index (κ1) is 14.9. The summed E-state index contributed by atoms with van der Waals surface area (Å²) in [5, 5.41) is 3.18. The number of nitrogens with zero attached hydrogens (tertiary/aromatic N) is 1. The molecule has 1 aromatic carbocycles. The number of ether oxygens (including phenoxy) is 2. The number of aromatic nitrogens is 2. The quantitative estimate of drug-likeness (QED) is 0.837. The van der Waals surface area contributed by atoms with Crippen LogP contribution >= 0.6 is 0 Å². The van der Waals surface area contributed by atoms with Gasteiger partial charge in [-0.2, -0.15) is 0 Å². The van der Waals surface area contributed by atoms with Crippen LogP contribution in [0.2, 0.25) is 0 Å². The largest absolute Gasteiger partial charge is 0.466 e. The van der Waals surface area contributed by atoms with Crippen LogP contribution in [0.4, 0.5) is 4.39 Å². The Morgan fingerprint density at radius 3 is 3.14 bits per heavy atom. The standard InChI is InChI=1S/C15H18FN3O3/c1-2-21-15(20)7-14-18-11-5-9(10(16)6-12(11)19-14)13-8-17-3-4-22-13/h5-6,13,17H,2-4,7-8H2,1H3,(H,18,19). The number of benzene rings is 1. The number of carbonyl (C=O) groups is 1. The van der Waals surface area contributed by atoms with Gasteiger partial charge >= 0.3 is 5.97 Å². The number of hydrogen-bond donors (Lipinski definition) is 2. The Labute approximate surface area is 127 Å². The number of nitrogens with one attached hydrogen (secondary N) is 2. The Morgan fingerprint density at radius 2 is 2.41 bits per heavy atom. The summed E-state index contributed by atoms with van der Waals surface area (Å²) in [5.41, 5.74) is 1.67. The van der Waals surface area contributed by atoms with E-state index in [4.69, 9.17) is 9.47 Å². The van der Waals surface area contributed by atoms with E-state index in [1.807, 2.05) is 0 Å². The van der Waals surface area contributed by atoms with Gasteiger partial charge in [0, 0.05) is 24.7 Å². The summed E-state index contributed by atoms with van der Waals surface area (Å²) in [6.07, 6.45) is -0.268. The molecule has 2 heterocycles. The second-order valence-corrected chi connectivity index (χ2v) is 5.12. The highest BCUT2D eigenvalue weighted by Crippen LogP contribution is 2.26. The lowest BCUT2D eigenvalue weighted by atomic mass is 10.1. The molecule has 7 heteroatoms. The summed E-state index contributed by atoms with van der Waals surface area (Å²) < 4.78 is 24.7. The van der Waals surface area contributed by atoms with Crippen molar-refractivity contribution in [1.82, 2.24) is 15.3 Å². The molecule has 1 fully saturated rings. The van der Waals surface area contributed by atoms with Crippen molar-refractivity contribution >= 4 is 17.0 Å². The molecule has 22 heavy (non-hydrogen) atoms. The van der Waals surface area contributed by atoms with Crippen LogP contribution in [0.5, 0.6) is 0 Å². The van der Waals surface area contributed by atoms with E-state index >= 15 is 0 Å². The summed E-state index contributed by atoms with van der Waals surface area (Å²) in [5.74, 6) is -0.245. The lowest BCUT2D eigenvalue weighted by Crippen LogP contribution is -2.33. The minimum atomic E-state index is -0.359. The molecule has 1 aliphatic heterocycles. The molecule has 0 amide bonds. The maximum atomic E-state index is 14.2. The van der Waals surface area contributed by atoms with Gasteiger partial charge in [0.2, 0.25) is 0 Å². The molecule has 1 atom stereocenters. The molecule has 0 saturated carbocycles. The number of hydrogen-bond acceptors (Lipinski definition) is 5. The first-order valence-corrected chi connectivity index (χ1v) is 7.33. The third-order valence-electron chi connectivity index (χ3n) is 3.54. The zero-order valence-electron chi connectivity index (χ0n) is 12.3. The number of esters is 1. The number of fused-ring (bicyclic) bond motifs is 1. The molecule has 1 aromatic heterocycles. The Hall–Kier alpha value is -1.99. The zero-order chi connectivity index (χ0) is 15.5. The van der Waals surface area contributed by atoms with Crippen LogP contribution in [-0.2, 0) is 20.7 Å². The normalized spacial score (nSPS) is 18.5. The van der Waals surface area contributed by atoms with Crippen LogP contribution < -0.4 is 5.32 Å². The molecular formula is C15H18FN3O3. The van der Waals surface area contributed by atoms with E-state index in [1.54, 1.807) is 13.0 Å². The molecule has 0 bridgehead atoms. The molecule has 2 aromatic rings. The predicted octanol–water partition coefficient (Wildman–Crippen LogP) is 1.47. The number of rotatable bonds is 4. The number of imidazole rings is 1. The second kappa shape index (κ2) is 6.41. The van der Waals surface area contributed by atoms with E-state index < -0.39 is 0 Å². The van der Waals surface area contributed by atoms with Gasteiger partial charge in [-0.1, -0.05) is 0 Å². The van der Waals surface area contributed by atoms with Crippen LogP contribution in [0.3, 0.4) is 0 Å². The van der Waals surface area contributed by atoms with Gasteiger partial charge in [-0.15, -0.1) is 0 Å². The molecule has 1 unspecified atom stereocenters. The molecule has 2 N–H and O–H groups in total. The molecule has 0 radical (unpaired) electrons. The SMILES string of the molecule is CCOC(=O)Cc1nc2cc(F)c(C3CNCCO3)cc2[nH]1. The van der Waals surface area contributed by atoms with Crippen LogP contribution in [-0.4, -0.2) is 42.2 Å². The van der Waals surface area contributed by atoms with Gasteiger partial charge < -0.3 is 19.8 Å². The van der Waals surface area contributed by atoms with Crippen LogP contribution in [0, 0.1) is 5.82 Å². The van der Waals surface area contributed by atoms with Crippen molar-refractivity contribution in [3.63, 3.8) is 0 Å². The van der Waals surface area contributed by atoms with Crippen LogP contribution in [0.25, 0.3) is 11.0 Å². The molecule has 1 aliphatic rings. The molecule has 0 aliphatic carbocycles. The Bertz CT molecular complexity index is 680. The number of aromatic amines is 1. The van der Waals surface area contributed by atoms with E-state index in [0.29, 0.717) is 42.2 Å². The molecule has 0 spiro atoms. The number of H-pyrrole nitrogens is 1. The highest BCUT2D eigenvalue weighted by molar-refractivity contribution is 5.78. The fourth-order valence-corrected chi connectivity index (χ4v) is 2.55. The molecular weight excluding hydrogens is 289 g/mol.